The SMILES string of the molecule is NC(=O)[C@H]1CCCN(C(=O)COC(=O)C(c2ccccc2)c2ccccc2)C1. The number of rotatable bonds is 6. The second-order valence-corrected chi connectivity index (χ2v) is 6.94. The Morgan fingerprint density at radius 3 is 2.11 bits per heavy atom. The van der Waals surface area contributed by atoms with E-state index in [-0.39, 0.29) is 25.0 Å². The van der Waals surface area contributed by atoms with Gasteiger partial charge in [-0.05, 0) is 24.0 Å². The maximum atomic E-state index is 12.8. The Balaban J connectivity index is 1.67. The van der Waals surface area contributed by atoms with Crippen LogP contribution in [0.1, 0.15) is 29.9 Å². The van der Waals surface area contributed by atoms with Gasteiger partial charge in [0.1, 0.15) is 5.92 Å². The zero-order valence-corrected chi connectivity index (χ0v) is 15.6. The molecule has 1 aliphatic heterocycles. The first-order chi connectivity index (χ1) is 13.6. The van der Waals surface area contributed by atoms with Crippen LogP contribution in [-0.4, -0.2) is 42.4 Å². The molecule has 146 valence electrons. The number of benzene rings is 2. The molecule has 2 N–H and O–H groups in total. The van der Waals surface area contributed by atoms with Crippen LogP contribution >= 0.6 is 0 Å². The van der Waals surface area contributed by atoms with Crippen molar-refractivity contribution in [3.8, 4) is 0 Å². The molecule has 6 heteroatoms. The Morgan fingerprint density at radius 1 is 1.00 bits per heavy atom. The van der Waals surface area contributed by atoms with Gasteiger partial charge in [-0.25, -0.2) is 0 Å². The van der Waals surface area contributed by atoms with Crippen molar-refractivity contribution in [3.63, 3.8) is 0 Å². The molecular formula is C22H24N2O4. The van der Waals surface area contributed by atoms with E-state index in [9.17, 15) is 14.4 Å². The average molecular weight is 380 g/mol. The molecule has 0 saturated carbocycles. The van der Waals surface area contributed by atoms with Crippen LogP contribution in [0, 0.1) is 5.92 Å². The molecule has 1 fully saturated rings. The second kappa shape index (κ2) is 9.17. The summed E-state index contributed by atoms with van der Waals surface area (Å²) in [6.07, 6.45) is 1.40. The summed E-state index contributed by atoms with van der Waals surface area (Å²) in [6, 6.07) is 18.7. The molecule has 1 aliphatic rings. The standard InChI is InChI=1S/C22H24N2O4/c23-21(26)18-12-7-13-24(14-18)19(25)15-28-22(27)20(16-8-3-1-4-9-16)17-10-5-2-6-11-17/h1-6,8-11,18,20H,7,12-15H2,(H2,23,26)/t18-/m0/s1. The van der Waals surface area contributed by atoms with Crippen LogP contribution in [0.5, 0.6) is 0 Å². The summed E-state index contributed by atoms with van der Waals surface area (Å²) in [5.41, 5.74) is 6.97. The molecule has 6 nitrogen and oxygen atoms in total. The highest BCUT2D eigenvalue weighted by Gasteiger charge is 2.29. The third kappa shape index (κ3) is 4.76. The molecule has 0 radical (unpaired) electrons. The number of nitrogens with two attached hydrogens (primary N) is 1. The topological polar surface area (TPSA) is 89.7 Å². The van der Waals surface area contributed by atoms with Crippen molar-refractivity contribution in [2.24, 2.45) is 11.7 Å². The number of hydrogen-bond donors (Lipinski definition) is 1. The van der Waals surface area contributed by atoms with Gasteiger partial charge >= 0.3 is 5.97 Å². The Kier molecular flexibility index (Phi) is 6.42. The van der Waals surface area contributed by atoms with Crippen molar-refractivity contribution in [1.29, 1.82) is 0 Å². The highest BCUT2D eigenvalue weighted by molar-refractivity contribution is 5.86. The first-order valence-electron chi connectivity index (χ1n) is 9.40. The zero-order valence-electron chi connectivity index (χ0n) is 15.6. The van der Waals surface area contributed by atoms with E-state index in [4.69, 9.17) is 10.5 Å². The van der Waals surface area contributed by atoms with Crippen LogP contribution in [0.25, 0.3) is 0 Å². The lowest BCUT2D eigenvalue weighted by Gasteiger charge is -2.31. The molecule has 0 spiro atoms. The van der Waals surface area contributed by atoms with Gasteiger partial charge < -0.3 is 15.4 Å². The highest BCUT2D eigenvalue weighted by Crippen LogP contribution is 2.26. The van der Waals surface area contributed by atoms with Gasteiger partial charge in [0, 0.05) is 13.1 Å². The molecule has 2 aromatic carbocycles. The van der Waals surface area contributed by atoms with Crippen molar-refractivity contribution < 1.29 is 19.1 Å². The summed E-state index contributed by atoms with van der Waals surface area (Å²) in [5, 5.41) is 0. The number of carbonyl (C=O) groups is 3. The third-order valence-corrected chi connectivity index (χ3v) is 5.02. The Morgan fingerprint density at radius 2 is 1.57 bits per heavy atom. The summed E-state index contributed by atoms with van der Waals surface area (Å²) >= 11 is 0. The number of carbonyl (C=O) groups excluding carboxylic acids is 3. The number of nitrogens with zero attached hydrogens (tertiary/aromatic N) is 1. The smallest absolute Gasteiger partial charge is 0.318 e. The first kappa shape index (κ1) is 19.6. The summed E-state index contributed by atoms with van der Waals surface area (Å²) in [7, 11) is 0. The van der Waals surface area contributed by atoms with Crippen LogP contribution in [0.4, 0.5) is 0 Å². The summed E-state index contributed by atoms with van der Waals surface area (Å²) in [4.78, 5) is 38.2. The van der Waals surface area contributed by atoms with Crippen molar-refractivity contribution in [1.82, 2.24) is 4.90 Å². The van der Waals surface area contributed by atoms with Gasteiger partial charge in [0.05, 0.1) is 5.92 Å². The van der Waals surface area contributed by atoms with Gasteiger partial charge in [-0.2, -0.15) is 0 Å². The van der Waals surface area contributed by atoms with Gasteiger partial charge in [-0.3, -0.25) is 14.4 Å². The predicted molar refractivity (Wildman–Crippen MR) is 104 cm³/mol. The fourth-order valence-corrected chi connectivity index (χ4v) is 3.50. The summed E-state index contributed by atoms with van der Waals surface area (Å²) < 4.78 is 5.38. The van der Waals surface area contributed by atoms with Crippen LogP contribution in [0.3, 0.4) is 0 Å². The largest absolute Gasteiger partial charge is 0.455 e. The van der Waals surface area contributed by atoms with Crippen LogP contribution < -0.4 is 5.73 Å². The van der Waals surface area contributed by atoms with Crippen molar-refractivity contribution in [2.45, 2.75) is 18.8 Å². The maximum Gasteiger partial charge on any atom is 0.318 e. The van der Waals surface area contributed by atoms with Crippen LogP contribution in [0.15, 0.2) is 60.7 Å². The fourth-order valence-electron chi connectivity index (χ4n) is 3.50. The van der Waals surface area contributed by atoms with Gasteiger partial charge in [0.25, 0.3) is 5.91 Å². The van der Waals surface area contributed by atoms with Crippen molar-refractivity contribution in [3.05, 3.63) is 71.8 Å². The lowest BCUT2D eigenvalue weighted by molar-refractivity contribution is -0.153. The molecule has 0 bridgehead atoms. The molecule has 0 unspecified atom stereocenters. The minimum Gasteiger partial charge on any atom is -0.455 e. The van der Waals surface area contributed by atoms with Crippen LogP contribution in [0.2, 0.25) is 0 Å². The molecule has 1 atom stereocenters. The number of amides is 2. The number of piperidine rings is 1. The van der Waals surface area contributed by atoms with E-state index in [1.165, 1.54) is 0 Å². The Labute approximate surface area is 164 Å². The quantitative estimate of drug-likeness (QED) is 0.777. The molecule has 1 heterocycles. The monoisotopic (exact) mass is 380 g/mol. The number of hydrogen-bond acceptors (Lipinski definition) is 4. The maximum absolute atomic E-state index is 12.8. The fraction of sp³-hybridized carbons (Fsp3) is 0.318. The normalized spacial score (nSPS) is 16.6. The van der Waals surface area contributed by atoms with Gasteiger partial charge in [-0.1, -0.05) is 60.7 Å². The van der Waals surface area contributed by atoms with E-state index >= 15 is 0 Å². The number of ether oxygens (including phenoxy) is 1. The van der Waals surface area contributed by atoms with Gasteiger partial charge in [0.2, 0.25) is 5.91 Å². The Hall–Kier alpha value is -3.15. The number of esters is 1. The number of primary amides is 1. The van der Waals surface area contributed by atoms with Crippen molar-refractivity contribution in [2.75, 3.05) is 19.7 Å². The third-order valence-electron chi connectivity index (χ3n) is 5.02. The van der Waals surface area contributed by atoms with Gasteiger partial charge in [0.15, 0.2) is 6.61 Å². The average Bonchev–Trinajstić information content (AvgIpc) is 2.74. The van der Waals surface area contributed by atoms with Gasteiger partial charge in [-0.15, -0.1) is 0 Å². The molecule has 28 heavy (non-hydrogen) atoms. The second-order valence-electron chi connectivity index (χ2n) is 6.94. The summed E-state index contributed by atoms with van der Waals surface area (Å²) in [6.45, 7) is 0.480. The van der Waals surface area contributed by atoms with E-state index in [1.54, 1.807) is 4.90 Å². The van der Waals surface area contributed by atoms with Crippen molar-refractivity contribution >= 4 is 17.8 Å². The molecule has 0 aliphatic carbocycles. The summed E-state index contributed by atoms with van der Waals surface area (Å²) in [5.74, 6) is -2.12. The first-order valence-corrected chi connectivity index (χ1v) is 9.40. The lowest BCUT2D eigenvalue weighted by atomic mass is 9.91. The van der Waals surface area contributed by atoms with E-state index < -0.39 is 17.8 Å². The van der Waals surface area contributed by atoms with E-state index in [1.807, 2.05) is 60.7 Å². The molecular weight excluding hydrogens is 356 g/mol. The molecule has 2 aromatic rings. The minimum atomic E-state index is -0.602. The molecule has 3 rings (SSSR count). The minimum absolute atomic E-state index is 0.284. The zero-order chi connectivity index (χ0) is 19.9. The van der Waals surface area contributed by atoms with Crippen LogP contribution in [-0.2, 0) is 19.1 Å². The molecule has 0 aromatic heterocycles. The molecule has 1 saturated heterocycles. The highest BCUT2D eigenvalue weighted by atomic mass is 16.5. The lowest BCUT2D eigenvalue weighted by Crippen LogP contribution is -2.45. The van der Waals surface area contributed by atoms with E-state index in [2.05, 4.69) is 0 Å². The van der Waals surface area contributed by atoms with E-state index in [0.717, 1.165) is 11.1 Å². The molecule has 2 amide bonds. The van der Waals surface area contributed by atoms with E-state index in [0.29, 0.717) is 19.4 Å². The predicted octanol–water partition coefficient (Wildman–Crippen LogP) is 2.09. The Bertz CT molecular complexity index is 783. The number of likely N-dealkylation sites (tertiary alicyclic amines) is 1.